The zero-order valence-corrected chi connectivity index (χ0v) is 32.0. The zero-order chi connectivity index (χ0) is 40.2. The van der Waals surface area contributed by atoms with E-state index in [4.69, 9.17) is 9.84 Å². The first-order valence-electron chi connectivity index (χ1n) is 18.2. The van der Waals surface area contributed by atoms with Crippen molar-refractivity contribution in [2.75, 3.05) is 13.1 Å². The van der Waals surface area contributed by atoms with Crippen LogP contribution in [0.3, 0.4) is 0 Å². The van der Waals surface area contributed by atoms with E-state index in [0.29, 0.717) is 0 Å². The van der Waals surface area contributed by atoms with E-state index in [0.717, 1.165) is 11.1 Å². The molecule has 2 rings (SSSR count). The number of carbonyl (C=O) groups excluding carboxylic acids is 6. The van der Waals surface area contributed by atoms with Crippen molar-refractivity contribution in [3.63, 3.8) is 0 Å². The molecule has 2 aromatic rings. The van der Waals surface area contributed by atoms with E-state index in [9.17, 15) is 33.6 Å². The maximum absolute atomic E-state index is 13.6. The monoisotopic (exact) mass is 752 g/mol. The van der Waals surface area contributed by atoms with E-state index in [-0.39, 0.29) is 50.0 Å². The zero-order valence-electron chi connectivity index (χ0n) is 32.0. The van der Waals surface area contributed by atoms with E-state index in [2.05, 4.69) is 31.9 Å². The average Bonchev–Trinajstić information content (AvgIpc) is 3.11. The molecule has 0 heterocycles. The molecule has 0 aromatic heterocycles. The molecule has 0 unspecified atom stereocenters. The van der Waals surface area contributed by atoms with Gasteiger partial charge in [0.25, 0.3) is 0 Å². The minimum atomic E-state index is -1.23. The lowest BCUT2D eigenvalue weighted by Crippen LogP contribution is -2.57. The van der Waals surface area contributed by atoms with Crippen LogP contribution in [0.1, 0.15) is 71.9 Å². The van der Waals surface area contributed by atoms with Gasteiger partial charge in [-0.15, -0.1) is 0 Å². The number of benzene rings is 2. The summed E-state index contributed by atoms with van der Waals surface area (Å²) in [6.45, 7) is 9.98. The van der Waals surface area contributed by atoms with Gasteiger partial charge in [-0.3, -0.25) is 28.8 Å². The largest absolute Gasteiger partial charge is 0.480 e. The highest BCUT2D eigenvalue weighted by atomic mass is 16.5. The Morgan fingerprint density at radius 1 is 0.537 bits per heavy atom. The second-order valence-electron chi connectivity index (χ2n) is 14.4. The number of hydrogen-bond acceptors (Lipinski definition) is 8. The van der Waals surface area contributed by atoms with E-state index in [1.807, 2.05) is 65.8 Å². The van der Waals surface area contributed by atoms with Crippen LogP contribution in [0, 0.1) is 17.8 Å². The van der Waals surface area contributed by atoms with Crippen LogP contribution >= 0.6 is 0 Å². The Morgan fingerprint density at radius 2 is 0.963 bits per heavy atom. The van der Waals surface area contributed by atoms with Gasteiger partial charge < -0.3 is 41.7 Å². The summed E-state index contributed by atoms with van der Waals surface area (Å²) in [5.41, 5.74) is 1.53. The van der Waals surface area contributed by atoms with E-state index in [1.165, 1.54) is 0 Å². The molecular formula is C39H56N6O9. The average molecular weight is 753 g/mol. The maximum Gasteiger partial charge on any atom is 0.408 e. The molecule has 0 aliphatic heterocycles. The molecule has 6 amide bonds. The molecule has 15 nitrogen and oxygen atoms in total. The van der Waals surface area contributed by atoms with Gasteiger partial charge in [0.15, 0.2) is 0 Å². The molecule has 15 heteroatoms. The van der Waals surface area contributed by atoms with Crippen LogP contribution in [0.4, 0.5) is 4.79 Å². The van der Waals surface area contributed by atoms with Crippen molar-refractivity contribution in [3.05, 3.63) is 71.8 Å². The topological polar surface area (TPSA) is 221 Å². The molecule has 7 N–H and O–H groups in total. The van der Waals surface area contributed by atoms with Gasteiger partial charge in [-0.1, -0.05) is 102 Å². The van der Waals surface area contributed by atoms with Crippen molar-refractivity contribution in [1.29, 1.82) is 0 Å². The van der Waals surface area contributed by atoms with E-state index < -0.39 is 78.9 Å². The third-order valence-corrected chi connectivity index (χ3v) is 7.98. The lowest BCUT2D eigenvalue weighted by molar-refractivity contribution is -0.138. The smallest absolute Gasteiger partial charge is 0.408 e. The lowest BCUT2D eigenvalue weighted by Gasteiger charge is -2.26. The second kappa shape index (κ2) is 23.2. The van der Waals surface area contributed by atoms with Crippen molar-refractivity contribution >= 4 is 41.6 Å². The summed E-state index contributed by atoms with van der Waals surface area (Å²) in [6.07, 6.45) is -0.0336. The van der Waals surface area contributed by atoms with E-state index in [1.54, 1.807) is 36.4 Å². The van der Waals surface area contributed by atoms with Gasteiger partial charge in [-0.05, 0) is 48.1 Å². The van der Waals surface area contributed by atoms with Crippen LogP contribution in [0.2, 0.25) is 0 Å². The summed E-state index contributed by atoms with van der Waals surface area (Å²) in [5.74, 6) is -4.59. The molecule has 2 aromatic carbocycles. The minimum absolute atomic E-state index is 0.00682. The van der Waals surface area contributed by atoms with E-state index >= 15 is 0 Å². The highest BCUT2D eigenvalue weighted by Gasteiger charge is 2.30. The molecule has 0 fully saturated rings. The quantitative estimate of drug-likeness (QED) is 0.0938. The van der Waals surface area contributed by atoms with Gasteiger partial charge in [0.1, 0.15) is 37.3 Å². The number of amides is 6. The molecule has 54 heavy (non-hydrogen) atoms. The third-order valence-electron chi connectivity index (χ3n) is 7.98. The standard InChI is InChI=1S/C39H56N6O9/c1-24(2)17-29(44-38(52)32(20-27-13-9-7-10-14-27)45-39(53)54-23-28-15-11-8-12-16-28)35(49)40-21-33(46)42-31(19-26(5)6)37(51)43-30(18-25(3)4)36(50)41-22-34(47)48/h7-16,24-26,29-32H,17-23H2,1-6H3,(H,40,49)(H,41,50)(H,42,46)(H,43,51)(H,44,52)(H,45,53)(H,47,48)/t29-,30-,31-,32-/m0/s1. The molecule has 0 spiro atoms. The fourth-order valence-corrected chi connectivity index (χ4v) is 5.44. The van der Waals surface area contributed by atoms with Crippen LogP contribution in [-0.4, -0.2) is 84.0 Å². The molecule has 0 radical (unpaired) electrons. The Hall–Kier alpha value is -5.47. The molecule has 296 valence electrons. The number of aliphatic carboxylic acids is 1. The summed E-state index contributed by atoms with van der Waals surface area (Å²) in [7, 11) is 0. The predicted molar refractivity (Wildman–Crippen MR) is 202 cm³/mol. The summed E-state index contributed by atoms with van der Waals surface area (Å²) in [4.78, 5) is 89.9. The predicted octanol–water partition coefficient (Wildman–Crippen LogP) is 2.43. The lowest BCUT2D eigenvalue weighted by atomic mass is 10.00. The molecule has 0 bridgehead atoms. The number of nitrogens with one attached hydrogen (secondary N) is 6. The molecule has 0 aliphatic rings. The van der Waals surface area contributed by atoms with Crippen molar-refractivity contribution in [2.45, 2.75) is 98.0 Å². The Kier molecular flexibility index (Phi) is 19.2. The molecule has 4 atom stereocenters. The fraction of sp³-hybridized carbons (Fsp3) is 0.513. The van der Waals surface area contributed by atoms with Crippen LogP contribution in [-0.2, 0) is 46.5 Å². The number of carbonyl (C=O) groups is 7. The van der Waals surface area contributed by atoms with Gasteiger partial charge in [-0.2, -0.15) is 0 Å². The number of rotatable bonds is 22. The fourth-order valence-electron chi connectivity index (χ4n) is 5.44. The first-order valence-corrected chi connectivity index (χ1v) is 18.2. The molecule has 0 aliphatic carbocycles. The van der Waals surface area contributed by atoms with Crippen molar-refractivity contribution in [1.82, 2.24) is 31.9 Å². The van der Waals surface area contributed by atoms with Crippen molar-refractivity contribution in [3.8, 4) is 0 Å². The Balaban J connectivity index is 2.11. The third kappa shape index (κ3) is 17.8. The Bertz CT molecular complexity index is 1540. The number of hydrogen-bond donors (Lipinski definition) is 7. The molecule has 0 saturated carbocycles. The summed E-state index contributed by atoms with van der Waals surface area (Å²) in [5, 5.41) is 24.4. The number of carboxylic acids is 1. The van der Waals surface area contributed by atoms with Crippen molar-refractivity contribution < 1.29 is 43.4 Å². The van der Waals surface area contributed by atoms with Crippen LogP contribution in [0.5, 0.6) is 0 Å². The van der Waals surface area contributed by atoms with Crippen LogP contribution < -0.4 is 31.9 Å². The van der Waals surface area contributed by atoms with Gasteiger partial charge in [-0.25, -0.2) is 4.79 Å². The highest BCUT2D eigenvalue weighted by molar-refractivity contribution is 5.95. The second-order valence-corrected chi connectivity index (χ2v) is 14.4. The Labute approximate surface area is 317 Å². The molecule has 0 saturated heterocycles. The van der Waals surface area contributed by atoms with Gasteiger partial charge in [0.05, 0.1) is 6.54 Å². The maximum atomic E-state index is 13.6. The highest BCUT2D eigenvalue weighted by Crippen LogP contribution is 2.11. The molecular weight excluding hydrogens is 696 g/mol. The van der Waals surface area contributed by atoms with Crippen LogP contribution in [0.25, 0.3) is 0 Å². The summed E-state index contributed by atoms with van der Waals surface area (Å²) >= 11 is 0. The van der Waals surface area contributed by atoms with Gasteiger partial charge in [0, 0.05) is 6.42 Å². The normalized spacial score (nSPS) is 13.2. The van der Waals surface area contributed by atoms with Gasteiger partial charge >= 0.3 is 12.1 Å². The van der Waals surface area contributed by atoms with Crippen molar-refractivity contribution in [2.24, 2.45) is 17.8 Å². The van der Waals surface area contributed by atoms with Crippen LogP contribution in [0.15, 0.2) is 60.7 Å². The first kappa shape index (κ1) is 44.7. The van der Waals surface area contributed by atoms with Gasteiger partial charge in [0.2, 0.25) is 29.5 Å². The number of carboxylic acid groups (broad SMARTS) is 1. The summed E-state index contributed by atoms with van der Waals surface area (Å²) in [6, 6.07) is 13.8. The minimum Gasteiger partial charge on any atom is -0.480 e. The Morgan fingerprint density at radius 3 is 1.43 bits per heavy atom. The number of ether oxygens (including phenoxy) is 1. The SMILES string of the molecule is CC(C)C[C@H](NC(=O)CNC(=O)[C@H](CC(C)C)NC(=O)[C@H](Cc1ccccc1)NC(=O)OCc1ccccc1)C(=O)N[C@@H](CC(C)C)C(=O)NCC(=O)O. The summed E-state index contributed by atoms with van der Waals surface area (Å²) < 4.78 is 5.35. The number of alkyl carbamates (subject to hydrolysis) is 1. The first-order chi connectivity index (χ1) is 25.5.